The number of methoxy groups -OCH3 is 1. The standard InChI is InChI=1S/C13H14ClN3O2/c1-3-15-13-16-8-9(14)12(17-13)19-11-7-5-4-6-10(11)18-2/h4-8H,3H2,1-2H3,(H,15,16,17). The van der Waals surface area contributed by atoms with Gasteiger partial charge in [0, 0.05) is 6.54 Å². The largest absolute Gasteiger partial charge is 0.493 e. The van der Waals surface area contributed by atoms with E-state index in [0.29, 0.717) is 22.5 Å². The van der Waals surface area contributed by atoms with E-state index in [1.807, 2.05) is 19.1 Å². The van der Waals surface area contributed by atoms with E-state index in [2.05, 4.69) is 15.3 Å². The van der Waals surface area contributed by atoms with Crippen LogP contribution in [-0.2, 0) is 0 Å². The van der Waals surface area contributed by atoms with Gasteiger partial charge in [0.15, 0.2) is 11.5 Å². The minimum absolute atomic E-state index is 0.289. The molecule has 2 aromatic rings. The second kappa shape index (κ2) is 6.24. The average Bonchev–Trinajstić information content (AvgIpc) is 2.43. The van der Waals surface area contributed by atoms with E-state index in [4.69, 9.17) is 21.1 Å². The summed E-state index contributed by atoms with van der Waals surface area (Å²) >= 11 is 6.02. The van der Waals surface area contributed by atoms with Crippen molar-refractivity contribution in [2.24, 2.45) is 0 Å². The van der Waals surface area contributed by atoms with E-state index in [9.17, 15) is 0 Å². The normalized spacial score (nSPS) is 10.1. The summed E-state index contributed by atoms with van der Waals surface area (Å²) in [4.78, 5) is 8.25. The molecule has 1 aromatic heterocycles. The van der Waals surface area contributed by atoms with Gasteiger partial charge in [0.2, 0.25) is 11.8 Å². The maximum atomic E-state index is 6.02. The molecule has 0 aliphatic carbocycles. The number of anilines is 1. The first-order valence-electron chi connectivity index (χ1n) is 5.82. The van der Waals surface area contributed by atoms with Gasteiger partial charge in [0.1, 0.15) is 5.02 Å². The molecule has 1 N–H and O–H groups in total. The van der Waals surface area contributed by atoms with Crippen LogP contribution in [0.5, 0.6) is 17.4 Å². The van der Waals surface area contributed by atoms with Crippen LogP contribution >= 0.6 is 11.6 Å². The van der Waals surface area contributed by atoms with Gasteiger partial charge in [-0.05, 0) is 19.1 Å². The Bertz CT molecular complexity index is 563. The molecule has 6 heteroatoms. The molecule has 1 aromatic carbocycles. The predicted octanol–water partition coefficient (Wildman–Crippen LogP) is 3.36. The molecule has 0 fully saturated rings. The number of nitrogens with one attached hydrogen (secondary N) is 1. The molecule has 0 saturated carbocycles. The summed E-state index contributed by atoms with van der Waals surface area (Å²) in [5, 5.41) is 3.34. The Morgan fingerprint density at radius 2 is 2.00 bits per heavy atom. The molecule has 0 saturated heterocycles. The van der Waals surface area contributed by atoms with Crippen LogP contribution in [0.25, 0.3) is 0 Å². The van der Waals surface area contributed by atoms with Crippen molar-refractivity contribution in [3.63, 3.8) is 0 Å². The van der Waals surface area contributed by atoms with E-state index in [1.54, 1.807) is 19.2 Å². The van der Waals surface area contributed by atoms with Crippen LogP contribution in [0.1, 0.15) is 6.92 Å². The third-order valence-electron chi connectivity index (χ3n) is 2.32. The lowest BCUT2D eigenvalue weighted by atomic mass is 10.3. The van der Waals surface area contributed by atoms with Crippen molar-refractivity contribution in [1.82, 2.24) is 9.97 Å². The highest BCUT2D eigenvalue weighted by molar-refractivity contribution is 6.31. The van der Waals surface area contributed by atoms with Crippen LogP contribution < -0.4 is 14.8 Å². The van der Waals surface area contributed by atoms with Gasteiger partial charge in [-0.25, -0.2) is 4.98 Å². The number of halogens is 1. The van der Waals surface area contributed by atoms with Crippen LogP contribution in [0.3, 0.4) is 0 Å². The predicted molar refractivity (Wildman–Crippen MR) is 74.3 cm³/mol. The zero-order valence-corrected chi connectivity index (χ0v) is 11.4. The lowest BCUT2D eigenvalue weighted by Crippen LogP contribution is -2.03. The van der Waals surface area contributed by atoms with Crippen LogP contribution in [0.2, 0.25) is 5.02 Å². The highest BCUT2D eigenvalue weighted by Crippen LogP contribution is 2.33. The molecule has 0 aliphatic rings. The van der Waals surface area contributed by atoms with Gasteiger partial charge in [-0.15, -0.1) is 0 Å². The third kappa shape index (κ3) is 3.26. The summed E-state index contributed by atoms with van der Waals surface area (Å²) in [6, 6.07) is 7.29. The number of rotatable bonds is 5. The van der Waals surface area contributed by atoms with E-state index < -0.39 is 0 Å². The Hall–Kier alpha value is -2.01. The third-order valence-corrected chi connectivity index (χ3v) is 2.58. The summed E-state index contributed by atoms with van der Waals surface area (Å²) in [5.41, 5.74) is 0. The van der Waals surface area contributed by atoms with Gasteiger partial charge in [-0.3, -0.25) is 0 Å². The number of benzene rings is 1. The van der Waals surface area contributed by atoms with Crippen molar-refractivity contribution in [2.45, 2.75) is 6.92 Å². The van der Waals surface area contributed by atoms with Gasteiger partial charge in [-0.1, -0.05) is 23.7 Å². The maximum absolute atomic E-state index is 6.02. The topological polar surface area (TPSA) is 56.3 Å². The number of hydrogen-bond donors (Lipinski definition) is 1. The smallest absolute Gasteiger partial charge is 0.243 e. The number of hydrogen-bond acceptors (Lipinski definition) is 5. The minimum atomic E-state index is 0.289. The first-order valence-corrected chi connectivity index (χ1v) is 6.19. The first-order chi connectivity index (χ1) is 9.24. The fourth-order valence-electron chi connectivity index (χ4n) is 1.47. The van der Waals surface area contributed by atoms with Crippen LogP contribution in [0.4, 0.5) is 5.95 Å². The summed E-state index contributed by atoms with van der Waals surface area (Å²) in [6.07, 6.45) is 1.50. The van der Waals surface area contributed by atoms with Gasteiger partial charge in [0.05, 0.1) is 13.3 Å². The summed E-state index contributed by atoms with van der Waals surface area (Å²) in [7, 11) is 1.58. The Kier molecular flexibility index (Phi) is 4.41. The number of aromatic nitrogens is 2. The maximum Gasteiger partial charge on any atom is 0.243 e. The molecule has 1 heterocycles. The first kappa shape index (κ1) is 13.4. The molecule has 5 nitrogen and oxygen atoms in total. The van der Waals surface area contributed by atoms with Crippen LogP contribution in [-0.4, -0.2) is 23.6 Å². The Morgan fingerprint density at radius 3 is 2.68 bits per heavy atom. The van der Waals surface area contributed by atoms with Crippen molar-refractivity contribution in [1.29, 1.82) is 0 Å². The molecule has 19 heavy (non-hydrogen) atoms. The lowest BCUT2D eigenvalue weighted by molar-refractivity contribution is 0.374. The van der Waals surface area contributed by atoms with Crippen molar-refractivity contribution in [3.05, 3.63) is 35.5 Å². The highest BCUT2D eigenvalue weighted by Gasteiger charge is 2.10. The molecule has 2 rings (SSSR count). The van der Waals surface area contributed by atoms with Crippen molar-refractivity contribution < 1.29 is 9.47 Å². The molecule has 0 atom stereocenters. The van der Waals surface area contributed by atoms with Crippen molar-refractivity contribution in [2.75, 3.05) is 19.0 Å². The lowest BCUT2D eigenvalue weighted by Gasteiger charge is -2.11. The number of nitrogens with zero attached hydrogens (tertiary/aromatic N) is 2. The molecule has 0 radical (unpaired) electrons. The van der Waals surface area contributed by atoms with E-state index >= 15 is 0 Å². The van der Waals surface area contributed by atoms with Crippen LogP contribution in [0.15, 0.2) is 30.5 Å². The number of para-hydroxylation sites is 2. The van der Waals surface area contributed by atoms with Gasteiger partial charge in [0.25, 0.3) is 0 Å². The molecule has 0 aliphatic heterocycles. The molecule has 0 unspecified atom stereocenters. The summed E-state index contributed by atoms with van der Waals surface area (Å²) in [6.45, 7) is 2.68. The van der Waals surface area contributed by atoms with Crippen molar-refractivity contribution in [3.8, 4) is 17.4 Å². The Balaban J connectivity index is 2.29. The van der Waals surface area contributed by atoms with Gasteiger partial charge >= 0.3 is 0 Å². The van der Waals surface area contributed by atoms with Gasteiger partial charge in [-0.2, -0.15) is 4.98 Å². The molecular weight excluding hydrogens is 266 g/mol. The molecule has 0 bridgehead atoms. The quantitative estimate of drug-likeness (QED) is 0.909. The minimum Gasteiger partial charge on any atom is -0.493 e. The van der Waals surface area contributed by atoms with E-state index in [-0.39, 0.29) is 5.88 Å². The molecular formula is C13H14ClN3O2. The second-order valence-electron chi connectivity index (χ2n) is 3.63. The summed E-state index contributed by atoms with van der Waals surface area (Å²) in [5.74, 6) is 1.92. The molecule has 0 amide bonds. The van der Waals surface area contributed by atoms with E-state index in [1.165, 1.54) is 6.20 Å². The SMILES string of the molecule is CCNc1ncc(Cl)c(Oc2ccccc2OC)n1. The zero-order valence-electron chi connectivity index (χ0n) is 10.7. The van der Waals surface area contributed by atoms with Gasteiger partial charge < -0.3 is 14.8 Å². The molecule has 100 valence electrons. The number of ether oxygens (including phenoxy) is 2. The zero-order chi connectivity index (χ0) is 13.7. The Morgan fingerprint density at radius 1 is 1.26 bits per heavy atom. The van der Waals surface area contributed by atoms with Crippen LogP contribution in [0, 0.1) is 0 Å². The Labute approximate surface area is 116 Å². The molecule has 0 spiro atoms. The van der Waals surface area contributed by atoms with Crippen molar-refractivity contribution >= 4 is 17.5 Å². The fourth-order valence-corrected chi connectivity index (χ4v) is 1.60. The van der Waals surface area contributed by atoms with E-state index in [0.717, 1.165) is 6.54 Å². The highest BCUT2D eigenvalue weighted by atomic mass is 35.5. The summed E-state index contributed by atoms with van der Waals surface area (Å²) < 4.78 is 10.9. The second-order valence-corrected chi connectivity index (χ2v) is 4.04. The fraction of sp³-hybridized carbons (Fsp3) is 0.231. The average molecular weight is 280 g/mol. The monoisotopic (exact) mass is 279 g/mol.